The van der Waals surface area contributed by atoms with Crippen LogP contribution in [0.1, 0.15) is 66.7 Å². The van der Waals surface area contributed by atoms with Gasteiger partial charge in [-0.05, 0) is 72.3 Å². The van der Waals surface area contributed by atoms with Crippen molar-refractivity contribution in [1.29, 1.82) is 0 Å². The molecule has 6 rings (SSSR count). The van der Waals surface area contributed by atoms with Crippen LogP contribution < -0.4 is 10.5 Å². The summed E-state index contributed by atoms with van der Waals surface area (Å²) in [5.74, 6) is 0.713. The van der Waals surface area contributed by atoms with E-state index in [2.05, 4.69) is 49.4 Å². The number of non-ortho nitro benzene ring substituents is 1. The second-order valence-electron chi connectivity index (χ2n) is 11.1. The number of nitro groups is 1. The van der Waals surface area contributed by atoms with E-state index in [1.807, 2.05) is 17.7 Å². The quantitative estimate of drug-likeness (QED) is 0.280. The maximum atomic E-state index is 13.7. The maximum Gasteiger partial charge on any atom is 0.269 e. The second-order valence-corrected chi connectivity index (χ2v) is 11.1. The highest BCUT2D eigenvalue weighted by Gasteiger charge is 2.34. The van der Waals surface area contributed by atoms with Gasteiger partial charge in [0.15, 0.2) is 5.82 Å². The van der Waals surface area contributed by atoms with E-state index in [1.54, 1.807) is 24.3 Å². The van der Waals surface area contributed by atoms with E-state index in [-0.39, 0.29) is 22.2 Å². The third kappa shape index (κ3) is 4.97. The Morgan fingerprint density at radius 3 is 2.42 bits per heavy atom. The van der Waals surface area contributed by atoms with E-state index >= 15 is 0 Å². The molecule has 1 aliphatic heterocycles. The molecule has 208 valence electrons. The average molecular weight is 543 g/mol. The van der Waals surface area contributed by atoms with Crippen molar-refractivity contribution in [2.24, 2.45) is 0 Å². The summed E-state index contributed by atoms with van der Waals surface area (Å²) in [6.07, 6.45) is 5.59. The van der Waals surface area contributed by atoms with Gasteiger partial charge in [0.2, 0.25) is 0 Å². The molecule has 1 unspecified atom stereocenters. The number of hydrogen-bond acceptors (Lipinski definition) is 8. The lowest BCUT2D eigenvalue weighted by Gasteiger charge is -2.40. The molecule has 2 aromatic carbocycles. The van der Waals surface area contributed by atoms with E-state index in [1.165, 1.54) is 6.42 Å². The van der Waals surface area contributed by atoms with Crippen molar-refractivity contribution in [3.8, 4) is 0 Å². The molecule has 2 aliphatic rings. The highest BCUT2D eigenvalue weighted by molar-refractivity contribution is 5.83. The Balaban J connectivity index is 1.37. The van der Waals surface area contributed by atoms with Gasteiger partial charge < -0.3 is 9.88 Å². The SMILES string of the molecule is Cc1cc(C)c2[nH]c(=O)c(C(c3nnnn3C3CCCCC3)N3CCN(c4ccc([N+](=O)[O-])cc4)CC3)cc2c1. The van der Waals surface area contributed by atoms with Crippen molar-refractivity contribution in [2.75, 3.05) is 31.1 Å². The lowest BCUT2D eigenvalue weighted by atomic mass is 9.95. The normalized spacial score (nSPS) is 17.8. The first-order chi connectivity index (χ1) is 19.4. The number of anilines is 1. The van der Waals surface area contributed by atoms with E-state index < -0.39 is 6.04 Å². The number of benzene rings is 2. The van der Waals surface area contributed by atoms with Gasteiger partial charge in [-0.25, -0.2) is 4.68 Å². The molecule has 2 fully saturated rings. The van der Waals surface area contributed by atoms with Gasteiger partial charge in [-0.3, -0.25) is 19.8 Å². The molecule has 1 aliphatic carbocycles. The summed E-state index contributed by atoms with van der Waals surface area (Å²) in [5, 5.41) is 25.2. The first kappa shape index (κ1) is 26.1. The number of tetrazole rings is 1. The van der Waals surface area contributed by atoms with E-state index in [0.717, 1.165) is 53.4 Å². The monoisotopic (exact) mass is 542 g/mol. The third-order valence-corrected chi connectivity index (χ3v) is 8.41. The first-order valence-electron chi connectivity index (χ1n) is 14.0. The van der Waals surface area contributed by atoms with Crippen LogP contribution in [0.15, 0.2) is 47.3 Å². The Kier molecular flexibility index (Phi) is 7.05. The van der Waals surface area contributed by atoms with Crippen molar-refractivity contribution >= 4 is 22.3 Å². The lowest BCUT2D eigenvalue weighted by molar-refractivity contribution is -0.384. The van der Waals surface area contributed by atoms with Crippen LogP contribution in [0.5, 0.6) is 0 Å². The number of nitrogens with zero attached hydrogens (tertiary/aromatic N) is 7. The predicted molar refractivity (Wildman–Crippen MR) is 153 cm³/mol. The molecule has 40 heavy (non-hydrogen) atoms. The number of aromatic amines is 1. The molecule has 1 atom stereocenters. The summed E-state index contributed by atoms with van der Waals surface area (Å²) in [4.78, 5) is 32.1. The molecule has 1 saturated carbocycles. The molecular formula is C29H34N8O3. The Morgan fingerprint density at radius 2 is 1.73 bits per heavy atom. The fraction of sp³-hybridized carbons (Fsp3) is 0.448. The predicted octanol–water partition coefficient (Wildman–Crippen LogP) is 4.46. The molecular weight excluding hydrogens is 508 g/mol. The van der Waals surface area contributed by atoms with Crippen molar-refractivity contribution in [2.45, 2.75) is 58.0 Å². The Morgan fingerprint density at radius 1 is 1.00 bits per heavy atom. The summed E-state index contributed by atoms with van der Waals surface area (Å²) >= 11 is 0. The van der Waals surface area contributed by atoms with Crippen molar-refractivity contribution in [1.82, 2.24) is 30.1 Å². The smallest absolute Gasteiger partial charge is 0.269 e. The van der Waals surface area contributed by atoms with Crippen LogP contribution in [-0.4, -0.2) is 61.2 Å². The maximum absolute atomic E-state index is 13.7. The van der Waals surface area contributed by atoms with Crippen molar-refractivity contribution < 1.29 is 4.92 Å². The Hall–Kier alpha value is -4.12. The van der Waals surface area contributed by atoms with E-state index in [9.17, 15) is 14.9 Å². The van der Waals surface area contributed by atoms with Crippen molar-refractivity contribution in [3.63, 3.8) is 0 Å². The van der Waals surface area contributed by atoms with E-state index in [0.29, 0.717) is 37.6 Å². The number of nitro benzene ring substituents is 1. The van der Waals surface area contributed by atoms with Gasteiger partial charge in [0.05, 0.1) is 16.5 Å². The Bertz CT molecular complexity index is 1580. The zero-order valence-corrected chi connectivity index (χ0v) is 22.9. The summed E-state index contributed by atoms with van der Waals surface area (Å²) < 4.78 is 1.97. The van der Waals surface area contributed by atoms with Crippen LogP contribution in [-0.2, 0) is 0 Å². The van der Waals surface area contributed by atoms with Crippen LogP contribution in [0, 0.1) is 24.0 Å². The fourth-order valence-corrected chi connectivity index (χ4v) is 6.40. The summed E-state index contributed by atoms with van der Waals surface area (Å²) in [6, 6.07) is 12.7. The number of aromatic nitrogens is 5. The zero-order valence-electron chi connectivity index (χ0n) is 22.9. The highest BCUT2D eigenvalue weighted by Crippen LogP contribution is 2.34. The topological polar surface area (TPSA) is 126 Å². The van der Waals surface area contributed by atoms with Crippen LogP contribution in [0.2, 0.25) is 0 Å². The molecule has 11 heteroatoms. The molecule has 0 spiro atoms. The van der Waals surface area contributed by atoms with Gasteiger partial charge in [-0.15, -0.1) is 5.10 Å². The molecule has 0 bridgehead atoms. The van der Waals surface area contributed by atoms with Crippen LogP contribution in [0.3, 0.4) is 0 Å². The zero-order chi connectivity index (χ0) is 27.8. The number of piperazine rings is 1. The van der Waals surface area contributed by atoms with Gasteiger partial charge in [0.1, 0.15) is 6.04 Å². The molecule has 11 nitrogen and oxygen atoms in total. The van der Waals surface area contributed by atoms with Gasteiger partial charge in [0, 0.05) is 49.6 Å². The lowest BCUT2D eigenvalue weighted by Crippen LogP contribution is -2.49. The van der Waals surface area contributed by atoms with Crippen LogP contribution in [0.25, 0.3) is 10.9 Å². The number of pyridine rings is 1. The minimum Gasteiger partial charge on any atom is -0.369 e. The summed E-state index contributed by atoms with van der Waals surface area (Å²) in [6.45, 7) is 6.87. The summed E-state index contributed by atoms with van der Waals surface area (Å²) in [5.41, 5.74) is 4.59. The number of fused-ring (bicyclic) bond motifs is 1. The number of aryl methyl sites for hydroxylation is 2. The minimum absolute atomic E-state index is 0.0815. The average Bonchev–Trinajstić information content (AvgIpc) is 3.44. The fourth-order valence-electron chi connectivity index (χ4n) is 6.40. The molecule has 3 heterocycles. The van der Waals surface area contributed by atoms with Crippen molar-refractivity contribution in [3.05, 3.63) is 85.4 Å². The molecule has 1 N–H and O–H groups in total. The van der Waals surface area contributed by atoms with Gasteiger partial charge in [-0.1, -0.05) is 30.9 Å². The first-order valence-corrected chi connectivity index (χ1v) is 14.0. The second kappa shape index (κ2) is 10.8. The number of nitrogens with one attached hydrogen (secondary N) is 1. The summed E-state index contributed by atoms with van der Waals surface area (Å²) in [7, 11) is 0. The van der Waals surface area contributed by atoms with Crippen LogP contribution in [0.4, 0.5) is 11.4 Å². The molecule has 1 saturated heterocycles. The molecule has 2 aromatic heterocycles. The van der Waals surface area contributed by atoms with Gasteiger partial charge in [-0.2, -0.15) is 0 Å². The molecule has 0 amide bonds. The largest absolute Gasteiger partial charge is 0.369 e. The number of hydrogen-bond donors (Lipinski definition) is 1. The number of H-pyrrole nitrogens is 1. The standard InChI is InChI=1S/C29H34N8O3/c1-19-16-20(2)26-21(17-19)18-25(29(38)30-26)27(28-31-32-33-36(28)23-6-4-3-5-7-23)35-14-12-34(13-15-35)22-8-10-24(11-9-22)37(39)40/h8-11,16-18,23,27H,3-7,12-15H2,1-2H3,(H,30,38). The highest BCUT2D eigenvalue weighted by atomic mass is 16.6. The van der Waals surface area contributed by atoms with E-state index in [4.69, 9.17) is 0 Å². The van der Waals surface area contributed by atoms with Gasteiger partial charge >= 0.3 is 0 Å². The number of rotatable bonds is 6. The minimum atomic E-state index is -0.398. The third-order valence-electron chi connectivity index (χ3n) is 8.41. The van der Waals surface area contributed by atoms with Crippen LogP contribution >= 0.6 is 0 Å². The Labute approximate surface area is 231 Å². The molecule has 4 aromatic rings. The van der Waals surface area contributed by atoms with Gasteiger partial charge in [0.25, 0.3) is 11.2 Å². The molecule has 0 radical (unpaired) electrons.